The Hall–Kier alpha value is -1.43. The Bertz CT molecular complexity index is 603. The summed E-state index contributed by atoms with van der Waals surface area (Å²) in [6.45, 7) is 4.70. The number of nitrogens with zero attached hydrogens (tertiary/aromatic N) is 3. The number of carbonyl (C=O) groups is 1. The van der Waals surface area contributed by atoms with Gasteiger partial charge in [-0.05, 0) is 49.4 Å². The number of rotatable bonds is 3. The lowest BCUT2D eigenvalue weighted by atomic mass is 9.79. The Morgan fingerprint density at radius 2 is 2.13 bits per heavy atom. The molecule has 6 nitrogen and oxygen atoms in total. The van der Waals surface area contributed by atoms with Crippen LogP contribution in [-0.2, 0) is 11.2 Å². The van der Waals surface area contributed by atoms with Crippen molar-refractivity contribution >= 4 is 5.91 Å². The summed E-state index contributed by atoms with van der Waals surface area (Å²) in [6, 6.07) is 0.293. The van der Waals surface area contributed by atoms with Crippen LogP contribution in [0.15, 0.2) is 4.42 Å². The summed E-state index contributed by atoms with van der Waals surface area (Å²) < 4.78 is 5.94. The highest BCUT2D eigenvalue weighted by atomic mass is 16.4. The molecular formula is C17H26N4O2. The zero-order chi connectivity index (χ0) is 16.2. The SMILES string of the molecule is CC(=O)N1C[C@H](C)C2(CC2)C[C@H]1c1nnc(CC2CC(N)C2)o1. The Morgan fingerprint density at radius 1 is 1.39 bits per heavy atom. The minimum atomic E-state index is -0.0453. The highest BCUT2D eigenvalue weighted by Crippen LogP contribution is 2.60. The Morgan fingerprint density at radius 3 is 2.74 bits per heavy atom. The quantitative estimate of drug-likeness (QED) is 0.922. The topological polar surface area (TPSA) is 85.2 Å². The van der Waals surface area contributed by atoms with Crippen molar-refractivity contribution < 1.29 is 9.21 Å². The Kier molecular flexibility index (Phi) is 3.48. The van der Waals surface area contributed by atoms with E-state index in [1.165, 1.54) is 12.8 Å². The number of piperidine rings is 1. The van der Waals surface area contributed by atoms with Crippen LogP contribution in [-0.4, -0.2) is 33.6 Å². The van der Waals surface area contributed by atoms with Crippen molar-refractivity contribution in [3.8, 4) is 0 Å². The summed E-state index contributed by atoms with van der Waals surface area (Å²) >= 11 is 0. The van der Waals surface area contributed by atoms with Gasteiger partial charge in [-0.3, -0.25) is 4.79 Å². The molecule has 3 aliphatic rings. The van der Waals surface area contributed by atoms with E-state index in [1.54, 1.807) is 6.92 Å². The summed E-state index contributed by atoms with van der Waals surface area (Å²) in [4.78, 5) is 14.0. The van der Waals surface area contributed by atoms with Gasteiger partial charge >= 0.3 is 0 Å². The van der Waals surface area contributed by atoms with Crippen LogP contribution >= 0.6 is 0 Å². The Balaban J connectivity index is 1.50. The predicted molar refractivity (Wildman–Crippen MR) is 84.3 cm³/mol. The minimum Gasteiger partial charge on any atom is -0.423 e. The third-order valence-corrected chi connectivity index (χ3v) is 6.29. The molecule has 23 heavy (non-hydrogen) atoms. The van der Waals surface area contributed by atoms with E-state index in [2.05, 4.69) is 17.1 Å². The summed E-state index contributed by atoms with van der Waals surface area (Å²) in [5.74, 6) is 2.55. The molecular weight excluding hydrogens is 292 g/mol. The van der Waals surface area contributed by atoms with Crippen LogP contribution in [0.2, 0.25) is 0 Å². The summed E-state index contributed by atoms with van der Waals surface area (Å²) in [5, 5.41) is 8.50. The lowest BCUT2D eigenvalue weighted by Crippen LogP contribution is -2.45. The zero-order valence-corrected chi connectivity index (χ0v) is 14.0. The molecule has 0 aromatic carbocycles. The first-order valence-corrected chi connectivity index (χ1v) is 8.82. The second-order valence-corrected chi connectivity index (χ2v) is 7.99. The van der Waals surface area contributed by atoms with E-state index in [0.717, 1.165) is 32.2 Å². The second kappa shape index (κ2) is 5.30. The minimum absolute atomic E-state index is 0.0453. The molecule has 1 amide bonds. The molecule has 2 saturated carbocycles. The van der Waals surface area contributed by atoms with Gasteiger partial charge in [-0.25, -0.2) is 0 Å². The first kappa shape index (κ1) is 15.1. The normalized spacial score (nSPS) is 35.2. The monoisotopic (exact) mass is 318 g/mol. The standard InChI is InChI=1S/C17H26N4O2/c1-10-9-21(11(2)22)14(8-17(10)3-4-17)16-20-19-15(23-16)7-12-5-13(18)6-12/h10,12-14H,3-9,18H2,1-2H3/t10-,12?,13?,14-/m0/s1. The van der Waals surface area contributed by atoms with Gasteiger partial charge in [0.25, 0.3) is 0 Å². The van der Waals surface area contributed by atoms with Gasteiger partial charge in [0.05, 0.1) is 0 Å². The van der Waals surface area contributed by atoms with E-state index in [-0.39, 0.29) is 11.9 Å². The third kappa shape index (κ3) is 2.67. The number of aromatic nitrogens is 2. The van der Waals surface area contributed by atoms with Crippen LogP contribution in [0.3, 0.4) is 0 Å². The number of carbonyl (C=O) groups excluding carboxylic acids is 1. The maximum Gasteiger partial charge on any atom is 0.238 e. The molecule has 2 atom stereocenters. The first-order valence-electron chi connectivity index (χ1n) is 8.82. The van der Waals surface area contributed by atoms with E-state index < -0.39 is 0 Å². The van der Waals surface area contributed by atoms with Gasteiger partial charge in [0.15, 0.2) is 0 Å². The van der Waals surface area contributed by atoms with Gasteiger partial charge in [0.1, 0.15) is 6.04 Å². The summed E-state index contributed by atoms with van der Waals surface area (Å²) in [7, 11) is 0. The maximum atomic E-state index is 12.1. The number of nitrogens with two attached hydrogens (primary N) is 1. The number of hydrogen-bond donors (Lipinski definition) is 1. The number of amides is 1. The van der Waals surface area contributed by atoms with Gasteiger partial charge in [-0.1, -0.05) is 6.92 Å². The molecule has 2 aliphatic carbocycles. The van der Waals surface area contributed by atoms with E-state index in [4.69, 9.17) is 10.2 Å². The van der Waals surface area contributed by atoms with Crippen LogP contribution in [0.4, 0.5) is 0 Å². The average molecular weight is 318 g/mol. The van der Waals surface area contributed by atoms with Gasteiger partial charge in [0, 0.05) is 25.9 Å². The smallest absolute Gasteiger partial charge is 0.238 e. The lowest BCUT2D eigenvalue weighted by Gasteiger charge is -2.41. The molecule has 3 fully saturated rings. The lowest BCUT2D eigenvalue weighted by molar-refractivity contribution is -0.136. The molecule has 1 aromatic rings. The van der Waals surface area contributed by atoms with Crippen molar-refractivity contribution in [2.24, 2.45) is 23.0 Å². The number of hydrogen-bond acceptors (Lipinski definition) is 5. The predicted octanol–water partition coefficient (Wildman–Crippen LogP) is 2.06. The van der Waals surface area contributed by atoms with Gasteiger partial charge in [0.2, 0.25) is 17.7 Å². The molecule has 6 heteroatoms. The first-order chi connectivity index (χ1) is 11.0. The van der Waals surface area contributed by atoms with Crippen molar-refractivity contribution in [3.63, 3.8) is 0 Å². The van der Waals surface area contributed by atoms with Crippen molar-refractivity contribution in [1.29, 1.82) is 0 Å². The van der Waals surface area contributed by atoms with Crippen LogP contribution in [0, 0.1) is 17.3 Å². The fourth-order valence-corrected chi connectivity index (χ4v) is 4.42. The average Bonchev–Trinajstić information content (AvgIpc) is 3.09. The van der Waals surface area contributed by atoms with E-state index in [0.29, 0.717) is 35.1 Å². The molecule has 1 aliphatic heterocycles. The molecule has 4 rings (SSSR count). The van der Waals surface area contributed by atoms with E-state index in [1.807, 2.05) is 4.90 Å². The molecule has 1 spiro atoms. The number of likely N-dealkylation sites (tertiary alicyclic amines) is 1. The van der Waals surface area contributed by atoms with Crippen LogP contribution < -0.4 is 5.73 Å². The Labute approximate surface area is 136 Å². The molecule has 2 N–H and O–H groups in total. The molecule has 2 heterocycles. The fraction of sp³-hybridized carbons (Fsp3) is 0.824. The van der Waals surface area contributed by atoms with Crippen molar-refractivity contribution in [2.75, 3.05) is 6.54 Å². The van der Waals surface area contributed by atoms with Crippen molar-refractivity contribution in [2.45, 2.75) is 64.5 Å². The molecule has 0 radical (unpaired) electrons. The van der Waals surface area contributed by atoms with Crippen LogP contribution in [0.5, 0.6) is 0 Å². The molecule has 1 aromatic heterocycles. The third-order valence-electron chi connectivity index (χ3n) is 6.29. The van der Waals surface area contributed by atoms with Gasteiger partial charge in [-0.2, -0.15) is 0 Å². The molecule has 1 saturated heterocycles. The van der Waals surface area contributed by atoms with E-state index in [9.17, 15) is 4.79 Å². The molecule has 126 valence electrons. The second-order valence-electron chi connectivity index (χ2n) is 7.99. The van der Waals surface area contributed by atoms with E-state index >= 15 is 0 Å². The fourth-order valence-electron chi connectivity index (χ4n) is 4.42. The maximum absolute atomic E-state index is 12.1. The van der Waals surface area contributed by atoms with Crippen molar-refractivity contribution in [1.82, 2.24) is 15.1 Å². The molecule has 0 bridgehead atoms. The van der Waals surface area contributed by atoms with Crippen LogP contribution in [0.1, 0.15) is 63.8 Å². The van der Waals surface area contributed by atoms with Gasteiger partial charge < -0.3 is 15.1 Å². The van der Waals surface area contributed by atoms with Crippen LogP contribution in [0.25, 0.3) is 0 Å². The highest BCUT2D eigenvalue weighted by molar-refractivity contribution is 5.73. The highest BCUT2D eigenvalue weighted by Gasteiger charge is 2.54. The molecule has 0 unspecified atom stereocenters. The largest absolute Gasteiger partial charge is 0.423 e. The summed E-state index contributed by atoms with van der Waals surface area (Å²) in [6.07, 6.45) is 6.39. The summed E-state index contributed by atoms with van der Waals surface area (Å²) in [5.41, 5.74) is 6.23. The van der Waals surface area contributed by atoms with Gasteiger partial charge in [-0.15, -0.1) is 10.2 Å². The zero-order valence-electron chi connectivity index (χ0n) is 14.0. The van der Waals surface area contributed by atoms with Crippen molar-refractivity contribution in [3.05, 3.63) is 11.8 Å².